The van der Waals surface area contributed by atoms with Gasteiger partial charge in [0.15, 0.2) is 0 Å². The molecule has 15 rings (SSSR count). The van der Waals surface area contributed by atoms with E-state index in [1.54, 1.807) is 16.7 Å². The summed E-state index contributed by atoms with van der Waals surface area (Å²) < 4.78 is 2.46. The predicted octanol–water partition coefficient (Wildman–Crippen LogP) is 18.6. The van der Waals surface area contributed by atoms with Crippen molar-refractivity contribution < 1.29 is 0 Å². The van der Waals surface area contributed by atoms with E-state index in [2.05, 4.69) is 219 Å². The first-order valence-corrected chi connectivity index (χ1v) is 26.4. The number of nitrogens with zero attached hydrogens (tertiary/aromatic N) is 1. The van der Waals surface area contributed by atoms with Crippen LogP contribution in [0.3, 0.4) is 0 Å². The highest BCUT2D eigenvalue weighted by Gasteiger charge is 2.47. The van der Waals surface area contributed by atoms with Crippen molar-refractivity contribution in [3.8, 4) is 61.3 Å². The quantitative estimate of drug-likeness (QED) is 0.152. The van der Waals surface area contributed by atoms with Gasteiger partial charge in [-0.1, -0.05) is 191 Å². The van der Waals surface area contributed by atoms with Crippen LogP contribution in [0.25, 0.3) is 95.3 Å². The van der Waals surface area contributed by atoms with Gasteiger partial charge in [0.05, 0.1) is 11.0 Å². The van der Waals surface area contributed by atoms with E-state index in [1.807, 2.05) is 0 Å². The van der Waals surface area contributed by atoms with Gasteiger partial charge in [-0.2, -0.15) is 0 Å². The summed E-state index contributed by atoms with van der Waals surface area (Å²) in [6.45, 7) is 6.99. The van der Waals surface area contributed by atoms with Crippen LogP contribution in [0.4, 0.5) is 0 Å². The second-order valence-corrected chi connectivity index (χ2v) is 22.4. The van der Waals surface area contributed by atoms with Crippen molar-refractivity contribution in [2.75, 3.05) is 0 Å². The second kappa shape index (κ2) is 15.0. The molecule has 9 aromatic carbocycles. The minimum absolute atomic E-state index is 0.0506. The summed E-state index contributed by atoms with van der Waals surface area (Å²) >= 11 is 0. The molecule has 0 atom stereocenters. The summed E-state index contributed by atoms with van der Waals surface area (Å²) in [5.41, 5.74) is 30.5. The molecule has 0 aliphatic heterocycles. The molecule has 1 aromatic heterocycles. The highest BCUT2D eigenvalue weighted by Crippen LogP contribution is 2.60. The topological polar surface area (TPSA) is 4.93 Å². The number of hydrogen-bond acceptors (Lipinski definition) is 0. The standard InChI is InChI=1S/C70H57N/c1-44-16-28-54-55-30-25-49(41-64(55)69(62(54)38-44)34-8-9-35-69)50-26-31-57-56-29-24-48(40-63(56)70(65(57)42-50)36-10-11-37-70)47-22-19-45(20-23-47)17-18-46-21-33-67-59(39-46)58-13-5-7-15-66(58)71(67)51-27-32-53-52-12-4-6-14-60(52)68(2,3)61(53)43-51/h4-7,12-33,38-43H,8-11,34-37H2,1-3H3/b18-17+. The van der Waals surface area contributed by atoms with Crippen LogP contribution in [-0.2, 0) is 16.2 Å². The van der Waals surface area contributed by atoms with E-state index in [1.165, 1.54) is 168 Å². The van der Waals surface area contributed by atoms with Gasteiger partial charge in [0.1, 0.15) is 0 Å². The lowest BCUT2D eigenvalue weighted by molar-refractivity contribution is 0.549. The summed E-state index contributed by atoms with van der Waals surface area (Å²) in [7, 11) is 0. The number of hydrogen-bond donors (Lipinski definition) is 0. The smallest absolute Gasteiger partial charge is 0.0541 e. The lowest BCUT2D eigenvalue weighted by atomic mass is 9.75. The van der Waals surface area contributed by atoms with Crippen LogP contribution in [0.2, 0.25) is 0 Å². The highest BCUT2D eigenvalue weighted by atomic mass is 15.0. The third-order valence-corrected chi connectivity index (χ3v) is 18.4. The zero-order valence-electron chi connectivity index (χ0n) is 41.1. The van der Waals surface area contributed by atoms with Gasteiger partial charge in [-0.15, -0.1) is 0 Å². The van der Waals surface area contributed by atoms with Gasteiger partial charge in [-0.25, -0.2) is 0 Å². The van der Waals surface area contributed by atoms with Gasteiger partial charge >= 0.3 is 0 Å². The van der Waals surface area contributed by atoms with Gasteiger partial charge < -0.3 is 4.57 Å². The molecule has 1 nitrogen and oxygen atoms in total. The Balaban J connectivity index is 0.717. The molecule has 2 saturated carbocycles. The Morgan fingerprint density at radius 1 is 0.366 bits per heavy atom. The normalized spacial score (nSPS) is 17.1. The lowest BCUT2D eigenvalue weighted by Crippen LogP contribution is -2.21. The Labute approximate surface area is 418 Å². The second-order valence-electron chi connectivity index (χ2n) is 22.4. The molecule has 2 fully saturated rings. The number of aryl methyl sites for hydroxylation is 1. The third-order valence-electron chi connectivity index (χ3n) is 18.4. The molecule has 5 aliphatic rings. The maximum atomic E-state index is 2.60. The molecule has 0 radical (unpaired) electrons. The Morgan fingerprint density at radius 2 is 0.845 bits per heavy atom. The average molecular weight is 912 g/mol. The largest absolute Gasteiger partial charge is 0.309 e. The molecule has 0 saturated heterocycles. The maximum absolute atomic E-state index is 2.60. The Bertz CT molecular complexity index is 3910. The molecule has 1 heteroatoms. The first-order chi connectivity index (χ1) is 34.8. The van der Waals surface area contributed by atoms with Gasteiger partial charge in [-0.05, 0) is 181 Å². The minimum atomic E-state index is -0.0506. The zero-order valence-corrected chi connectivity index (χ0v) is 41.1. The molecule has 0 unspecified atom stereocenters. The first-order valence-electron chi connectivity index (χ1n) is 26.4. The van der Waals surface area contributed by atoms with Gasteiger partial charge in [0, 0.05) is 32.7 Å². The summed E-state index contributed by atoms with van der Waals surface area (Å²) in [5, 5.41) is 2.55. The fourth-order valence-electron chi connectivity index (χ4n) is 14.9. The molecule has 0 amide bonds. The van der Waals surface area contributed by atoms with E-state index in [0.29, 0.717) is 0 Å². The first kappa shape index (κ1) is 41.3. The van der Waals surface area contributed by atoms with Crippen molar-refractivity contribution in [3.05, 3.63) is 232 Å². The van der Waals surface area contributed by atoms with Crippen LogP contribution in [-0.4, -0.2) is 4.57 Å². The summed E-state index contributed by atoms with van der Waals surface area (Å²) in [5.74, 6) is 0. The zero-order chi connectivity index (χ0) is 47.2. The Hall–Kier alpha value is -7.48. The summed E-state index contributed by atoms with van der Waals surface area (Å²) in [6, 6.07) is 70.5. The molecule has 2 spiro atoms. The predicted molar refractivity (Wildman–Crippen MR) is 299 cm³/mol. The fraction of sp³-hybridized carbons (Fsp3) is 0.200. The molecule has 0 N–H and O–H groups in total. The minimum Gasteiger partial charge on any atom is -0.309 e. The number of rotatable bonds is 5. The Kier molecular flexibility index (Phi) is 8.74. The van der Waals surface area contributed by atoms with Crippen molar-refractivity contribution in [2.45, 2.75) is 88.4 Å². The van der Waals surface area contributed by atoms with Gasteiger partial charge in [0.25, 0.3) is 0 Å². The van der Waals surface area contributed by atoms with Crippen molar-refractivity contribution in [2.24, 2.45) is 0 Å². The number of fused-ring (bicyclic) bond motifs is 16. The van der Waals surface area contributed by atoms with E-state index < -0.39 is 0 Å². The van der Waals surface area contributed by atoms with Crippen molar-refractivity contribution in [1.29, 1.82) is 0 Å². The van der Waals surface area contributed by atoms with Crippen LogP contribution in [0.5, 0.6) is 0 Å². The Morgan fingerprint density at radius 3 is 1.51 bits per heavy atom. The van der Waals surface area contributed by atoms with E-state index >= 15 is 0 Å². The van der Waals surface area contributed by atoms with Crippen LogP contribution >= 0.6 is 0 Å². The van der Waals surface area contributed by atoms with E-state index in [4.69, 9.17) is 0 Å². The number of benzene rings is 9. The third kappa shape index (κ3) is 5.87. The maximum Gasteiger partial charge on any atom is 0.0541 e. The fourth-order valence-corrected chi connectivity index (χ4v) is 14.9. The number of aromatic nitrogens is 1. The van der Waals surface area contributed by atoms with Gasteiger partial charge in [0.2, 0.25) is 0 Å². The average Bonchev–Trinajstić information content (AvgIpc) is 4.28. The van der Waals surface area contributed by atoms with Crippen molar-refractivity contribution in [1.82, 2.24) is 4.57 Å². The molecule has 10 aromatic rings. The van der Waals surface area contributed by atoms with Crippen LogP contribution in [0.15, 0.2) is 182 Å². The molecule has 1 heterocycles. The van der Waals surface area contributed by atoms with E-state index in [0.717, 1.165) is 0 Å². The van der Waals surface area contributed by atoms with Crippen molar-refractivity contribution in [3.63, 3.8) is 0 Å². The highest BCUT2D eigenvalue weighted by molar-refractivity contribution is 6.10. The van der Waals surface area contributed by atoms with Crippen molar-refractivity contribution >= 4 is 34.0 Å². The lowest BCUT2D eigenvalue weighted by Gasteiger charge is -2.28. The molecule has 0 bridgehead atoms. The molecule has 71 heavy (non-hydrogen) atoms. The SMILES string of the molecule is Cc1ccc2c(c1)C1(CCCC1)c1cc(-c3ccc4c(c3)C3(CCCC3)c3cc(-c5ccc(/C=C/c6ccc7c(c6)c6ccccc6n7-c6ccc7c(c6)C(C)(C)c6ccccc6-7)cc5)ccc3-4)ccc1-2. The summed E-state index contributed by atoms with van der Waals surface area (Å²) in [6.07, 6.45) is 14.7. The van der Waals surface area contributed by atoms with E-state index in [-0.39, 0.29) is 16.2 Å². The summed E-state index contributed by atoms with van der Waals surface area (Å²) in [4.78, 5) is 0. The number of para-hydroxylation sites is 1. The molecular formula is C70H57N. The monoisotopic (exact) mass is 911 g/mol. The van der Waals surface area contributed by atoms with E-state index in [9.17, 15) is 0 Å². The molecular weight excluding hydrogens is 855 g/mol. The van der Waals surface area contributed by atoms with Gasteiger partial charge in [-0.3, -0.25) is 0 Å². The molecule has 5 aliphatic carbocycles. The molecule has 342 valence electrons. The van der Waals surface area contributed by atoms with Crippen LogP contribution in [0, 0.1) is 6.92 Å². The van der Waals surface area contributed by atoms with Crippen LogP contribution < -0.4 is 0 Å². The van der Waals surface area contributed by atoms with Crippen LogP contribution in [0.1, 0.15) is 115 Å².